The van der Waals surface area contributed by atoms with Gasteiger partial charge in [0, 0.05) is 12.3 Å². The second-order valence-corrected chi connectivity index (χ2v) is 4.13. The predicted octanol–water partition coefficient (Wildman–Crippen LogP) is 2.83. The molecule has 0 saturated carbocycles. The number of nitrogens with zero attached hydrogens (tertiary/aromatic N) is 1. The molecule has 0 saturated heterocycles. The maximum absolute atomic E-state index is 11.6. The monoisotopic (exact) mass is 232 g/mol. The van der Waals surface area contributed by atoms with Crippen molar-refractivity contribution in [1.29, 1.82) is 0 Å². The molecule has 92 valence electrons. The van der Waals surface area contributed by atoms with Crippen LogP contribution < -0.4 is 5.32 Å². The molecular weight excluding hydrogens is 212 g/mol. The second kappa shape index (κ2) is 7.60. The molecule has 17 heavy (non-hydrogen) atoms. The van der Waals surface area contributed by atoms with Gasteiger partial charge in [0.05, 0.1) is 12.2 Å². The first-order valence-electron chi connectivity index (χ1n) is 6.07. The lowest BCUT2D eigenvalue weighted by molar-refractivity contribution is -0.116. The fourth-order valence-corrected chi connectivity index (χ4v) is 1.48. The van der Waals surface area contributed by atoms with E-state index in [2.05, 4.69) is 17.2 Å². The van der Waals surface area contributed by atoms with E-state index in [1.54, 1.807) is 12.3 Å². The molecule has 1 aromatic heterocycles. The molecule has 0 spiro atoms. The van der Waals surface area contributed by atoms with Crippen molar-refractivity contribution in [2.24, 2.45) is 0 Å². The highest BCUT2D eigenvalue weighted by molar-refractivity contribution is 5.88. The Bertz CT molecular complexity index is 371. The molecular formula is C14H20N2O. The van der Waals surface area contributed by atoms with Crippen molar-refractivity contribution < 1.29 is 4.79 Å². The van der Waals surface area contributed by atoms with Gasteiger partial charge in [-0.1, -0.05) is 25.0 Å². The summed E-state index contributed by atoms with van der Waals surface area (Å²) in [6.45, 7) is 4.63. The average Bonchev–Trinajstić information content (AvgIpc) is 2.35. The Hall–Kier alpha value is -1.64. The summed E-state index contributed by atoms with van der Waals surface area (Å²) >= 11 is 0. The fraction of sp³-hybridized carbons (Fsp3) is 0.429. The van der Waals surface area contributed by atoms with Gasteiger partial charge < -0.3 is 5.32 Å². The van der Waals surface area contributed by atoms with E-state index >= 15 is 0 Å². The molecule has 3 nitrogen and oxygen atoms in total. The SMILES string of the molecule is CCCC/C(C)=C/C(=O)NCc1ccccn1. The van der Waals surface area contributed by atoms with E-state index < -0.39 is 0 Å². The van der Waals surface area contributed by atoms with Crippen LogP contribution in [0.5, 0.6) is 0 Å². The summed E-state index contributed by atoms with van der Waals surface area (Å²) in [5.41, 5.74) is 2.01. The van der Waals surface area contributed by atoms with Gasteiger partial charge in [-0.15, -0.1) is 0 Å². The number of hydrogen-bond acceptors (Lipinski definition) is 2. The largest absolute Gasteiger partial charge is 0.347 e. The molecule has 1 rings (SSSR count). The number of rotatable bonds is 6. The number of carbonyl (C=O) groups is 1. The lowest BCUT2D eigenvalue weighted by Crippen LogP contribution is -2.21. The maximum Gasteiger partial charge on any atom is 0.244 e. The molecule has 1 aromatic rings. The molecule has 0 aliphatic heterocycles. The summed E-state index contributed by atoms with van der Waals surface area (Å²) < 4.78 is 0. The summed E-state index contributed by atoms with van der Waals surface area (Å²) in [5, 5.41) is 2.83. The minimum atomic E-state index is -0.0377. The Morgan fingerprint density at radius 3 is 2.94 bits per heavy atom. The fourth-order valence-electron chi connectivity index (χ4n) is 1.48. The summed E-state index contributed by atoms with van der Waals surface area (Å²) in [5.74, 6) is -0.0377. The Morgan fingerprint density at radius 1 is 1.47 bits per heavy atom. The molecule has 0 radical (unpaired) electrons. The molecule has 0 atom stereocenters. The maximum atomic E-state index is 11.6. The molecule has 0 aliphatic rings. The van der Waals surface area contributed by atoms with Crippen LogP contribution in [-0.2, 0) is 11.3 Å². The number of pyridine rings is 1. The molecule has 1 heterocycles. The third-order valence-electron chi connectivity index (χ3n) is 2.47. The van der Waals surface area contributed by atoms with E-state index in [4.69, 9.17) is 0 Å². The molecule has 1 N–H and O–H groups in total. The first-order chi connectivity index (χ1) is 8.22. The van der Waals surface area contributed by atoms with Gasteiger partial charge in [0.2, 0.25) is 5.91 Å². The normalized spacial score (nSPS) is 11.3. The van der Waals surface area contributed by atoms with Crippen molar-refractivity contribution in [2.45, 2.75) is 39.7 Å². The van der Waals surface area contributed by atoms with E-state index in [1.807, 2.05) is 25.1 Å². The Morgan fingerprint density at radius 2 is 2.29 bits per heavy atom. The molecule has 3 heteroatoms. The minimum absolute atomic E-state index is 0.0377. The standard InChI is InChI=1S/C14H20N2O/c1-3-4-7-12(2)10-14(17)16-11-13-8-5-6-9-15-13/h5-6,8-10H,3-4,7,11H2,1-2H3,(H,16,17)/b12-10+. The van der Waals surface area contributed by atoms with Gasteiger partial charge in [0.15, 0.2) is 0 Å². The van der Waals surface area contributed by atoms with E-state index in [0.717, 1.165) is 30.5 Å². The number of hydrogen-bond donors (Lipinski definition) is 1. The summed E-state index contributed by atoms with van der Waals surface area (Å²) in [6.07, 6.45) is 6.69. The first-order valence-corrected chi connectivity index (χ1v) is 6.07. The van der Waals surface area contributed by atoms with Crippen LogP contribution in [0, 0.1) is 0 Å². The van der Waals surface area contributed by atoms with Crippen molar-refractivity contribution >= 4 is 5.91 Å². The van der Waals surface area contributed by atoms with Crippen molar-refractivity contribution in [3.63, 3.8) is 0 Å². The molecule has 1 amide bonds. The third kappa shape index (κ3) is 5.85. The number of aromatic nitrogens is 1. The number of nitrogens with one attached hydrogen (secondary N) is 1. The topological polar surface area (TPSA) is 42.0 Å². The number of allylic oxidation sites excluding steroid dienone is 1. The van der Waals surface area contributed by atoms with Gasteiger partial charge in [-0.25, -0.2) is 0 Å². The Kier molecular flexibility index (Phi) is 6.00. The van der Waals surface area contributed by atoms with Crippen molar-refractivity contribution in [3.8, 4) is 0 Å². The third-order valence-corrected chi connectivity index (χ3v) is 2.47. The summed E-state index contributed by atoms with van der Waals surface area (Å²) in [7, 11) is 0. The van der Waals surface area contributed by atoms with Crippen LogP contribution in [-0.4, -0.2) is 10.9 Å². The van der Waals surface area contributed by atoms with E-state index in [9.17, 15) is 4.79 Å². The van der Waals surface area contributed by atoms with Crippen LogP contribution in [0.1, 0.15) is 38.8 Å². The van der Waals surface area contributed by atoms with Gasteiger partial charge >= 0.3 is 0 Å². The van der Waals surface area contributed by atoms with E-state index in [0.29, 0.717) is 6.54 Å². The molecule has 0 unspecified atom stereocenters. The predicted molar refractivity (Wildman–Crippen MR) is 69.4 cm³/mol. The van der Waals surface area contributed by atoms with Crippen molar-refractivity contribution in [3.05, 3.63) is 41.7 Å². The lowest BCUT2D eigenvalue weighted by Gasteiger charge is -2.03. The van der Waals surface area contributed by atoms with Gasteiger partial charge in [0.1, 0.15) is 0 Å². The molecule has 0 aromatic carbocycles. The molecule has 0 fully saturated rings. The quantitative estimate of drug-likeness (QED) is 0.766. The van der Waals surface area contributed by atoms with Crippen LogP contribution in [0.3, 0.4) is 0 Å². The van der Waals surface area contributed by atoms with Crippen LogP contribution >= 0.6 is 0 Å². The van der Waals surface area contributed by atoms with Gasteiger partial charge in [-0.2, -0.15) is 0 Å². The van der Waals surface area contributed by atoms with E-state index in [1.165, 1.54) is 0 Å². The lowest BCUT2D eigenvalue weighted by atomic mass is 10.1. The Labute approximate surface area is 103 Å². The zero-order valence-electron chi connectivity index (χ0n) is 10.6. The summed E-state index contributed by atoms with van der Waals surface area (Å²) in [4.78, 5) is 15.7. The van der Waals surface area contributed by atoms with Crippen molar-refractivity contribution in [2.75, 3.05) is 0 Å². The van der Waals surface area contributed by atoms with Crippen LogP contribution in [0.2, 0.25) is 0 Å². The summed E-state index contributed by atoms with van der Waals surface area (Å²) in [6, 6.07) is 5.67. The number of unbranched alkanes of at least 4 members (excludes halogenated alkanes) is 1. The number of carbonyl (C=O) groups excluding carboxylic acids is 1. The van der Waals surface area contributed by atoms with Crippen molar-refractivity contribution in [1.82, 2.24) is 10.3 Å². The highest BCUT2D eigenvalue weighted by atomic mass is 16.1. The number of amides is 1. The highest BCUT2D eigenvalue weighted by Crippen LogP contribution is 2.05. The smallest absolute Gasteiger partial charge is 0.244 e. The van der Waals surface area contributed by atoms with Gasteiger partial charge in [0.25, 0.3) is 0 Å². The van der Waals surface area contributed by atoms with Crippen LogP contribution in [0.15, 0.2) is 36.0 Å². The average molecular weight is 232 g/mol. The van der Waals surface area contributed by atoms with Crippen LogP contribution in [0.4, 0.5) is 0 Å². The molecule has 0 aliphatic carbocycles. The van der Waals surface area contributed by atoms with Gasteiger partial charge in [-0.05, 0) is 31.9 Å². The second-order valence-electron chi connectivity index (χ2n) is 4.13. The first kappa shape index (κ1) is 13.4. The Balaban J connectivity index is 2.35. The van der Waals surface area contributed by atoms with Crippen LogP contribution in [0.25, 0.3) is 0 Å². The highest BCUT2D eigenvalue weighted by Gasteiger charge is 1.99. The van der Waals surface area contributed by atoms with E-state index in [-0.39, 0.29) is 5.91 Å². The minimum Gasteiger partial charge on any atom is -0.347 e. The van der Waals surface area contributed by atoms with Gasteiger partial charge in [-0.3, -0.25) is 9.78 Å². The zero-order valence-corrected chi connectivity index (χ0v) is 10.6. The zero-order chi connectivity index (χ0) is 12.5. The molecule has 0 bridgehead atoms.